The first-order valence-corrected chi connectivity index (χ1v) is 12.9. The molecule has 4 heteroatoms. The lowest BCUT2D eigenvalue weighted by Gasteiger charge is -2.26. The second kappa shape index (κ2) is 20.7. The highest BCUT2D eigenvalue weighted by atomic mass is 16.5. The Balaban J connectivity index is 1.71. The second-order valence-electron chi connectivity index (χ2n) is 8.86. The van der Waals surface area contributed by atoms with Crippen LogP contribution in [0.25, 0.3) is 0 Å². The molecule has 0 bridgehead atoms. The molecule has 0 aromatic rings. The van der Waals surface area contributed by atoms with E-state index in [0.29, 0.717) is 6.42 Å². The van der Waals surface area contributed by atoms with E-state index in [2.05, 4.69) is 17.1 Å². The molecule has 0 unspecified atom stereocenters. The van der Waals surface area contributed by atoms with Gasteiger partial charge in [-0.25, -0.2) is 0 Å². The average Bonchev–Trinajstić information content (AvgIpc) is 2.75. The number of morpholine rings is 1. The van der Waals surface area contributed by atoms with E-state index in [1.165, 1.54) is 96.3 Å². The first-order valence-electron chi connectivity index (χ1n) is 12.9. The largest absolute Gasteiger partial charge is 0.379 e. The van der Waals surface area contributed by atoms with E-state index < -0.39 is 0 Å². The van der Waals surface area contributed by atoms with Crippen LogP contribution in [0, 0.1) is 0 Å². The van der Waals surface area contributed by atoms with Crippen LogP contribution in [0.3, 0.4) is 0 Å². The zero-order chi connectivity index (χ0) is 20.8. The minimum absolute atomic E-state index is 0.206. The highest BCUT2D eigenvalue weighted by Gasteiger charge is 2.11. The van der Waals surface area contributed by atoms with Crippen LogP contribution in [0.4, 0.5) is 0 Å². The third-order valence-electron chi connectivity index (χ3n) is 6.11. The summed E-state index contributed by atoms with van der Waals surface area (Å²) in [5, 5.41) is 3.07. The minimum atomic E-state index is 0.206. The summed E-state index contributed by atoms with van der Waals surface area (Å²) in [4.78, 5) is 14.2. The van der Waals surface area contributed by atoms with Gasteiger partial charge in [0, 0.05) is 32.6 Å². The number of rotatable bonds is 20. The molecule has 0 atom stereocenters. The Morgan fingerprint density at radius 2 is 1.17 bits per heavy atom. The average molecular weight is 411 g/mol. The summed E-state index contributed by atoms with van der Waals surface area (Å²) in [6.07, 6.45) is 22.8. The number of nitrogens with one attached hydrogen (secondary N) is 1. The van der Waals surface area contributed by atoms with Gasteiger partial charge in [0.15, 0.2) is 0 Å². The Bertz CT molecular complexity index is 357. The Hall–Kier alpha value is -0.610. The van der Waals surface area contributed by atoms with Gasteiger partial charge in [-0.05, 0) is 6.42 Å². The number of ether oxygens (including phenoxy) is 1. The molecule has 1 rings (SSSR count). The van der Waals surface area contributed by atoms with Gasteiger partial charge >= 0.3 is 0 Å². The number of unbranched alkanes of at least 4 members (excludes halogenated alkanes) is 15. The predicted molar refractivity (Wildman–Crippen MR) is 124 cm³/mol. The summed E-state index contributed by atoms with van der Waals surface area (Å²) in [7, 11) is 0. The molecule has 1 amide bonds. The standard InChI is InChI=1S/C25H50N2O2/c1-2-3-4-5-6-7-8-9-10-11-12-13-14-15-16-17-19-26-25(28)18-20-27-21-23-29-24-22-27/h2-24H2,1H3,(H,26,28). The van der Waals surface area contributed by atoms with Crippen LogP contribution in [0.5, 0.6) is 0 Å². The van der Waals surface area contributed by atoms with Gasteiger partial charge in [0.1, 0.15) is 0 Å². The van der Waals surface area contributed by atoms with E-state index in [9.17, 15) is 4.79 Å². The summed E-state index contributed by atoms with van der Waals surface area (Å²) in [5.74, 6) is 0.206. The Kier molecular flexibility index (Phi) is 18.8. The molecule has 0 spiro atoms. The normalized spacial score (nSPS) is 14.9. The van der Waals surface area contributed by atoms with Crippen LogP contribution < -0.4 is 5.32 Å². The highest BCUT2D eigenvalue weighted by molar-refractivity contribution is 5.75. The fourth-order valence-corrected chi connectivity index (χ4v) is 4.07. The summed E-state index contributed by atoms with van der Waals surface area (Å²) in [6, 6.07) is 0. The molecule has 29 heavy (non-hydrogen) atoms. The monoisotopic (exact) mass is 410 g/mol. The molecule has 0 radical (unpaired) electrons. The molecule has 1 saturated heterocycles. The number of hydrogen-bond acceptors (Lipinski definition) is 3. The van der Waals surface area contributed by atoms with Crippen molar-refractivity contribution in [3.8, 4) is 0 Å². The lowest BCUT2D eigenvalue weighted by Crippen LogP contribution is -2.38. The van der Waals surface area contributed by atoms with E-state index in [1.807, 2.05) is 0 Å². The molecule has 0 aromatic heterocycles. The van der Waals surface area contributed by atoms with E-state index in [1.54, 1.807) is 0 Å². The van der Waals surface area contributed by atoms with Crippen molar-refractivity contribution in [2.45, 2.75) is 116 Å². The zero-order valence-electron chi connectivity index (χ0n) is 19.5. The SMILES string of the molecule is CCCCCCCCCCCCCCCCCCNC(=O)CCN1CCOCC1. The number of carbonyl (C=O) groups excluding carboxylic acids is 1. The van der Waals surface area contributed by atoms with Crippen LogP contribution >= 0.6 is 0 Å². The zero-order valence-corrected chi connectivity index (χ0v) is 19.5. The molecule has 0 saturated carbocycles. The Morgan fingerprint density at radius 1 is 0.724 bits per heavy atom. The molecule has 172 valence electrons. The van der Waals surface area contributed by atoms with Crippen molar-refractivity contribution >= 4 is 5.91 Å². The van der Waals surface area contributed by atoms with Gasteiger partial charge in [-0.15, -0.1) is 0 Å². The van der Waals surface area contributed by atoms with Crippen molar-refractivity contribution in [1.82, 2.24) is 10.2 Å². The van der Waals surface area contributed by atoms with Crippen LogP contribution in [0.2, 0.25) is 0 Å². The lowest BCUT2D eigenvalue weighted by molar-refractivity contribution is -0.121. The lowest BCUT2D eigenvalue weighted by atomic mass is 10.0. The minimum Gasteiger partial charge on any atom is -0.379 e. The van der Waals surface area contributed by atoms with Gasteiger partial charge in [-0.2, -0.15) is 0 Å². The van der Waals surface area contributed by atoms with Crippen molar-refractivity contribution < 1.29 is 9.53 Å². The predicted octanol–water partition coefficient (Wildman–Crippen LogP) is 6.09. The van der Waals surface area contributed by atoms with Gasteiger partial charge in [0.05, 0.1) is 13.2 Å². The van der Waals surface area contributed by atoms with E-state index in [-0.39, 0.29) is 5.91 Å². The van der Waals surface area contributed by atoms with Crippen LogP contribution in [0.15, 0.2) is 0 Å². The van der Waals surface area contributed by atoms with Gasteiger partial charge in [0.2, 0.25) is 5.91 Å². The fraction of sp³-hybridized carbons (Fsp3) is 0.960. The molecule has 1 aliphatic rings. The van der Waals surface area contributed by atoms with E-state index >= 15 is 0 Å². The van der Waals surface area contributed by atoms with Crippen molar-refractivity contribution in [2.24, 2.45) is 0 Å². The maximum absolute atomic E-state index is 11.9. The van der Waals surface area contributed by atoms with Crippen molar-refractivity contribution in [3.63, 3.8) is 0 Å². The molecular formula is C25H50N2O2. The quantitative estimate of drug-likeness (QED) is 0.247. The van der Waals surface area contributed by atoms with Gasteiger partial charge in [-0.1, -0.05) is 103 Å². The van der Waals surface area contributed by atoms with E-state index in [0.717, 1.165) is 45.8 Å². The maximum atomic E-state index is 11.9. The molecule has 4 nitrogen and oxygen atoms in total. The maximum Gasteiger partial charge on any atom is 0.221 e. The fourth-order valence-electron chi connectivity index (χ4n) is 4.07. The van der Waals surface area contributed by atoms with Gasteiger partial charge < -0.3 is 10.1 Å². The number of carbonyl (C=O) groups is 1. The molecule has 0 aromatic carbocycles. The van der Waals surface area contributed by atoms with Crippen molar-refractivity contribution in [2.75, 3.05) is 39.4 Å². The number of nitrogens with zero attached hydrogens (tertiary/aromatic N) is 1. The Labute approximate surface area is 181 Å². The summed E-state index contributed by atoms with van der Waals surface area (Å²) < 4.78 is 5.33. The number of amides is 1. The molecular weight excluding hydrogens is 360 g/mol. The topological polar surface area (TPSA) is 41.6 Å². The first kappa shape index (κ1) is 26.4. The van der Waals surface area contributed by atoms with E-state index in [4.69, 9.17) is 4.74 Å². The first-order chi connectivity index (χ1) is 14.3. The summed E-state index contributed by atoms with van der Waals surface area (Å²) >= 11 is 0. The highest BCUT2D eigenvalue weighted by Crippen LogP contribution is 2.13. The molecule has 1 heterocycles. The third kappa shape index (κ3) is 17.9. The number of hydrogen-bond donors (Lipinski definition) is 1. The van der Waals surface area contributed by atoms with Crippen molar-refractivity contribution in [3.05, 3.63) is 0 Å². The Morgan fingerprint density at radius 3 is 1.66 bits per heavy atom. The molecule has 1 aliphatic heterocycles. The second-order valence-corrected chi connectivity index (χ2v) is 8.86. The summed E-state index contributed by atoms with van der Waals surface area (Å²) in [6.45, 7) is 7.55. The van der Waals surface area contributed by atoms with Gasteiger partial charge in [0.25, 0.3) is 0 Å². The van der Waals surface area contributed by atoms with Crippen LogP contribution in [0.1, 0.15) is 116 Å². The molecule has 0 aliphatic carbocycles. The molecule has 1 N–H and O–H groups in total. The summed E-state index contributed by atoms with van der Waals surface area (Å²) in [5.41, 5.74) is 0. The molecule has 1 fully saturated rings. The smallest absolute Gasteiger partial charge is 0.221 e. The van der Waals surface area contributed by atoms with Crippen LogP contribution in [-0.4, -0.2) is 50.2 Å². The van der Waals surface area contributed by atoms with Crippen LogP contribution in [-0.2, 0) is 9.53 Å². The third-order valence-corrected chi connectivity index (χ3v) is 6.11. The van der Waals surface area contributed by atoms with Gasteiger partial charge in [-0.3, -0.25) is 9.69 Å². The van der Waals surface area contributed by atoms with Crippen molar-refractivity contribution in [1.29, 1.82) is 0 Å².